The minimum Gasteiger partial charge on any atom is -0.465 e. The van der Waals surface area contributed by atoms with Gasteiger partial charge in [-0.1, -0.05) is 37.3 Å². The van der Waals surface area contributed by atoms with Crippen LogP contribution in [0.2, 0.25) is 0 Å². The number of nitrogens with one attached hydrogen (secondary N) is 2. The van der Waals surface area contributed by atoms with Crippen LogP contribution in [0, 0.1) is 6.92 Å². The number of H-pyrrole nitrogens is 1. The van der Waals surface area contributed by atoms with Gasteiger partial charge in [0.1, 0.15) is 5.69 Å². The fraction of sp³-hybridized carbons (Fsp3) is 0.429. The molecule has 146 valence electrons. The number of benzene rings is 1. The van der Waals surface area contributed by atoms with Crippen LogP contribution in [0.3, 0.4) is 0 Å². The smallest absolute Gasteiger partial charge is 0.339 e. The Kier molecular flexibility index (Phi) is 7.61. The van der Waals surface area contributed by atoms with E-state index in [1.165, 1.54) is 7.11 Å². The lowest BCUT2D eigenvalue weighted by atomic mass is 10.1. The van der Waals surface area contributed by atoms with Crippen LogP contribution in [0.1, 0.15) is 64.0 Å². The summed E-state index contributed by atoms with van der Waals surface area (Å²) in [6, 6.07) is 10.0. The van der Waals surface area contributed by atoms with Crippen LogP contribution in [0.25, 0.3) is 0 Å². The topological polar surface area (TPSA) is 80.4 Å². The second-order valence-corrected chi connectivity index (χ2v) is 6.36. The number of hydrogen-bond acceptors (Lipinski definition) is 4. The van der Waals surface area contributed by atoms with Crippen molar-refractivity contribution in [1.82, 2.24) is 10.3 Å². The number of aromatic amines is 1. The quantitative estimate of drug-likeness (QED) is 0.521. The first-order valence-corrected chi connectivity index (χ1v) is 9.24. The third-order valence-corrected chi connectivity index (χ3v) is 4.54. The van der Waals surface area contributed by atoms with Gasteiger partial charge in [-0.15, -0.1) is 0 Å². The summed E-state index contributed by atoms with van der Waals surface area (Å²) in [5.41, 5.74) is 3.32. The lowest BCUT2D eigenvalue weighted by molar-refractivity contribution is 0.0598. The molecule has 2 N–H and O–H groups in total. The van der Waals surface area contributed by atoms with Crippen molar-refractivity contribution in [2.75, 3.05) is 20.3 Å². The van der Waals surface area contributed by atoms with E-state index in [1.807, 2.05) is 44.2 Å². The molecule has 1 heterocycles. The Hall–Kier alpha value is -2.60. The number of methoxy groups -OCH3 is 1. The number of aryl methyl sites for hydroxylation is 1. The molecule has 1 amide bonds. The monoisotopic (exact) mass is 372 g/mol. The first kappa shape index (κ1) is 20.7. The molecule has 1 aromatic carbocycles. The molecule has 6 nitrogen and oxygen atoms in total. The Labute approximate surface area is 160 Å². The van der Waals surface area contributed by atoms with Crippen LogP contribution in [-0.2, 0) is 15.9 Å². The molecule has 0 aliphatic heterocycles. The molecule has 2 rings (SSSR count). The van der Waals surface area contributed by atoms with E-state index in [-0.39, 0.29) is 12.0 Å². The molecule has 0 saturated heterocycles. The zero-order chi connectivity index (χ0) is 19.8. The second-order valence-electron chi connectivity index (χ2n) is 6.36. The highest BCUT2D eigenvalue weighted by atomic mass is 16.5. The summed E-state index contributed by atoms with van der Waals surface area (Å²) in [5, 5.41) is 2.87. The number of carbonyl (C=O) groups excluding carboxylic acids is 2. The summed E-state index contributed by atoms with van der Waals surface area (Å²) in [4.78, 5) is 27.4. The van der Waals surface area contributed by atoms with E-state index in [2.05, 4.69) is 10.3 Å². The first-order valence-electron chi connectivity index (χ1n) is 9.24. The van der Waals surface area contributed by atoms with Crippen molar-refractivity contribution in [3.05, 3.63) is 58.4 Å². The Balaban J connectivity index is 1.84. The van der Waals surface area contributed by atoms with Crippen LogP contribution in [0.15, 0.2) is 30.3 Å². The fourth-order valence-electron chi connectivity index (χ4n) is 2.97. The minimum absolute atomic E-state index is 0.0160. The van der Waals surface area contributed by atoms with E-state index in [0.717, 1.165) is 5.56 Å². The SMILES string of the molecule is CCc1[nH]c(C(=O)NCCCOC(C)c2ccccc2)c(C)c1C(=O)OC. The van der Waals surface area contributed by atoms with Crippen molar-refractivity contribution >= 4 is 11.9 Å². The summed E-state index contributed by atoms with van der Waals surface area (Å²) >= 11 is 0. The number of hydrogen-bond donors (Lipinski definition) is 2. The first-order chi connectivity index (χ1) is 13.0. The van der Waals surface area contributed by atoms with Crippen molar-refractivity contribution in [3.63, 3.8) is 0 Å². The lowest BCUT2D eigenvalue weighted by Crippen LogP contribution is -2.26. The summed E-state index contributed by atoms with van der Waals surface area (Å²) < 4.78 is 10.6. The minimum atomic E-state index is -0.428. The maximum atomic E-state index is 12.4. The highest BCUT2D eigenvalue weighted by Gasteiger charge is 2.23. The van der Waals surface area contributed by atoms with Gasteiger partial charge in [0.05, 0.1) is 18.8 Å². The Bertz CT molecular complexity index is 768. The Morgan fingerprint density at radius 2 is 1.93 bits per heavy atom. The third kappa shape index (κ3) is 5.20. The number of carbonyl (C=O) groups is 2. The molecule has 0 aliphatic carbocycles. The zero-order valence-corrected chi connectivity index (χ0v) is 16.4. The maximum absolute atomic E-state index is 12.4. The molecule has 0 aliphatic rings. The fourth-order valence-corrected chi connectivity index (χ4v) is 2.97. The van der Waals surface area contributed by atoms with E-state index in [0.29, 0.717) is 48.5 Å². The van der Waals surface area contributed by atoms with Crippen molar-refractivity contribution in [2.45, 2.75) is 39.7 Å². The van der Waals surface area contributed by atoms with Crippen LogP contribution < -0.4 is 5.32 Å². The number of esters is 1. The molecule has 27 heavy (non-hydrogen) atoms. The molecular formula is C21H28N2O4. The van der Waals surface area contributed by atoms with E-state index in [1.54, 1.807) is 6.92 Å². The number of rotatable bonds is 9. The van der Waals surface area contributed by atoms with Crippen LogP contribution in [0.4, 0.5) is 0 Å². The van der Waals surface area contributed by atoms with Crippen LogP contribution >= 0.6 is 0 Å². The standard InChI is InChI=1S/C21H28N2O4/c1-5-17-18(21(25)26-4)14(2)19(23-17)20(24)22-12-9-13-27-15(3)16-10-7-6-8-11-16/h6-8,10-11,15,23H,5,9,12-13H2,1-4H3,(H,22,24). The average Bonchev–Trinajstić information content (AvgIpc) is 3.03. The van der Waals surface area contributed by atoms with Gasteiger partial charge in [-0.2, -0.15) is 0 Å². The van der Waals surface area contributed by atoms with Gasteiger partial charge < -0.3 is 19.8 Å². The second kappa shape index (κ2) is 9.92. The molecule has 2 aromatic rings. The van der Waals surface area contributed by atoms with Gasteiger partial charge in [0.15, 0.2) is 0 Å². The van der Waals surface area contributed by atoms with Gasteiger partial charge in [0, 0.05) is 18.8 Å². The summed E-state index contributed by atoms with van der Waals surface area (Å²) in [5.74, 6) is -0.656. The zero-order valence-electron chi connectivity index (χ0n) is 16.4. The van der Waals surface area contributed by atoms with Gasteiger partial charge in [-0.3, -0.25) is 4.79 Å². The molecule has 0 radical (unpaired) electrons. The van der Waals surface area contributed by atoms with Gasteiger partial charge in [-0.25, -0.2) is 4.79 Å². The van der Waals surface area contributed by atoms with Crippen molar-refractivity contribution in [3.8, 4) is 0 Å². The highest BCUT2D eigenvalue weighted by molar-refractivity contribution is 6.00. The molecule has 6 heteroatoms. The van der Waals surface area contributed by atoms with Gasteiger partial charge >= 0.3 is 5.97 Å². The molecule has 1 atom stereocenters. The molecule has 1 unspecified atom stereocenters. The number of ether oxygens (including phenoxy) is 2. The predicted octanol–water partition coefficient (Wildman–Crippen LogP) is 3.57. The van der Waals surface area contributed by atoms with E-state index in [9.17, 15) is 9.59 Å². The molecule has 0 spiro atoms. The van der Waals surface area contributed by atoms with E-state index >= 15 is 0 Å². The third-order valence-electron chi connectivity index (χ3n) is 4.54. The van der Waals surface area contributed by atoms with Crippen molar-refractivity contribution in [1.29, 1.82) is 0 Å². The summed E-state index contributed by atoms with van der Waals surface area (Å²) in [7, 11) is 1.34. The van der Waals surface area contributed by atoms with Gasteiger partial charge in [-0.05, 0) is 37.8 Å². The largest absolute Gasteiger partial charge is 0.465 e. The Morgan fingerprint density at radius 3 is 2.56 bits per heavy atom. The van der Waals surface area contributed by atoms with Crippen LogP contribution in [-0.4, -0.2) is 37.1 Å². The summed E-state index contributed by atoms with van der Waals surface area (Å²) in [6.45, 7) is 6.73. The lowest BCUT2D eigenvalue weighted by Gasteiger charge is -2.13. The molecule has 0 fully saturated rings. The number of amides is 1. The molecule has 0 saturated carbocycles. The molecule has 0 bridgehead atoms. The van der Waals surface area contributed by atoms with Crippen LogP contribution in [0.5, 0.6) is 0 Å². The van der Waals surface area contributed by atoms with Gasteiger partial charge in [0.2, 0.25) is 0 Å². The Morgan fingerprint density at radius 1 is 1.22 bits per heavy atom. The van der Waals surface area contributed by atoms with Crippen molar-refractivity contribution in [2.24, 2.45) is 0 Å². The average molecular weight is 372 g/mol. The molecule has 1 aromatic heterocycles. The predicted molar refractivity (Wildman–Crippen MR) is 104 cm³/mol. The maximum Gasteiger partial charge on any atom is 0.339 e. The highest BCUT2D eigenvalue weighted by Crippen LogP contribution is 2.20. The van der Waals surface area contributed by atoms with Crippen molar-refractivity contribution < 1.29 is 19.1 Å². The van der Waals surface area contributed by atoms with E-state index < -0.39 is 5.97 Å². The van der Waals surface area contributed by atoms with Gasteiger partial charge in [0.25, 0.3) is 5.91 Å². The normalized spacial score (nSPS) is 11.9. The molecular weight excluding hydrogens is 344 g/mol. The number of aromatic nitrogens is 1. The van der Waals surface area contributed by atoms with E-state index in [4.69, 9.17) is 9.47 Å². The summed E-state index contributed by atoms with van der Waals surface area (Å²) in [6.07, 6.45) is 1.33.